The van der Waals surface area contributed by atoms with E-state index in [1.807, 2.05) is 30.3 Å². The van der Waals surface area contributed by atoms with Gasteiger partial charge in [-0.1, -0.05) is 12.1 Å². The fraction of sp³-hybridized carbons (Fsp3) is 0.105. The minimum atomic E-state index is -1.57. The van der Waals surface area contributed by atoms with Crippen LogP contribution in [-0.4, -0.2) is 7.11 Å². The summed E-state index contributed by atoms with van der Waals surface area (Å²) in [4.78, 5) is 0. The molecule has 3 aromatic rings. The molecule has 0 aliphatic carbocycles. The largest absolute Gasteiger partial charge is 0.491 e. The predicted molar refractivity (Wildman–Crippen MR) is 86.9 cm³/mol. The van der Waals surface area contributed by atoms with Gasteiger partial charge in [-0.05, 0) is 18.2 Å². The summed E-state index contributed by atoms with van der Waals surface area (Å²) < 4.78 is 61.8. The maximum atomic E-state index is 14.0. The molecule has 0 bridgehead atoms. The van der Waals surface area contributed by atoms with Crippen molar-refractivity contribution in [1.29, 1.82) is 0 Å². The van der Waals surface area contributed by atoms with Crippen molar-refractivity contribution in [2.45, 2.75) is 0 Å². The summed E-state index contributed by atoms with van der Waals surface area (Å²) in [6, 6.07) is 11.2. The molecule has 2 nitrogen and oxygen atoms in total. The third-order valence-electron chi connectivity index (χ3n) is 4.00. The molecule has 0 amide bonds. The Balaban J connectivity index is 2.11. The minimum Gasteiger partial charge on any atom is -0.491 e. The standard InChI is InChI=1S/C19H14F4NO/c1-24-12(8-7-11-5-3-4-6-14(11)24)9-10-13-15(20)17(22)19(25-2)18(23)16(13)21/h3-10H,1-2H3/q+1/b10-9+. The highest BCUT2D eigenvalue weighted by atomic mass is 19.2. The third kappa shape index (κ3) is 2.84. The number of nitrogens with zero attached hydrogens (tertiary/aromatic N) is 1. The molecule has 0 unspecified atom stereocenters. The smallest absolute Gasteiger partial charge is 0.212 e. The normalized spacial score (nSPS) is 11.4. The zero-order valence-corrected chi connectivity index (χ0v) is 13.5. The second-order valence-electron chi connectivity index (χ2n) is 5.41. The van der Waals surface area contributed by atoms with Crippen LogP contribution >= 0.6 is 0 Å². The lowest BCUT2D eigenvalue weighted by molar-refractivity contribution is -0.646. The lowest BCUT2D eigenvalue weighted by Gasteiger charge is -2.08. The lowest BCUT2D eigenvalue weighted by atomic mass is 10.1. The average Bonchev–Trinajstić information content (AvgIpc) is 2.62. The molecule has 3 rings (SSSR count). The highest BCUT2D eigenvalue weighted by Gasteiger charge is 2.25. The molecule has 0 N–H and O–H groups in total. The van der Waals surface area contributed by atoms with Gasteiger partial charge >= 0.3 is 0 Å². The van der Waals surface area contributed by atoms with Crippen LogP contribution in [0.25, 0.3) is 23.1 Å². The molecule has 25 heavy (non-hydrogen) atoms. The van der Waals surface area contributed by atoms with Gasteiger partial charge in [0.05, 0.1) is 12.7 Å². The van der Waals surface area contributed by atoms with E-state index in [0.29, 0.717) is 5.69 Å². The Labute approximate surface area is 141 Å². The van der Waals surface area contributed by atoms with Crippen molar-refractivity contribution in [3.63, 3.8) is 0 Å². The Hall–Kier alpha value is -2.89. The topological polar surface area (TPSA) is 13.1 Å². The summed E-state index contributed by atoms with van der Waals surface area (Å²) in [7, 11) is 2.72. The van der Waals surface area contributed by atoms with Crippen LogP contribution in [0, 0.1) is 23.3 Å². The van der Waals surface area contributed by atoms with Crippen LogP contribution in [0.15, 0.2) is 36.4 Å². The van der Waals surface area contributed by atoms with Crippen molar-refractivity contribution in [1.82, 2.24) is 0 Å². The first kappa shape index (κ1) is 17.0. The van der Waals surface area contributed by atoms with Crippen LogP contribution in [0.4, 0.5) is 17.6 Å². The van der Waals surface area contributed by atoms with Gasteiger partial charge in [-0.25, -0.2) is 8.78 Å². The fourth-order valence-corrected chi connectivity index (χ4v) is 2.65. The Morgan fingerprint density at radius 3 is 2.12 bits per heavy atom. The SMILES string of the molecule is COc1c(F)c(F)c(/C=C/c2ccc3ccccc3[n+]2C)c(F)c1F. The molecule has 1 aromatic heterocycles. The van der Waals surface area contributed by atoms with Crippen LogP contribution in [0.1, 0.15) is 11.3 Å². The average molecular weight is 348 g/mol. The van der Waals surface area contributed by atoms with E-state index in [1.54, 1.807) is 17.7 Å². The van der Waals surface area contributed by atoms with Crippen molar-refractivity contribution < 1.29 is 26.9 Å². The van der Waals surface area contributed by atoms with Crippen LogP contribution in [-0.2, 0) is 7.05 Å². The highest BCUT2D eigenvalue weighted by Crippen LogP contribution is 2.30. The third-order valence-corrected chi connectivity index (χ3v) is 4.00. The second kappa shape index (κ2) is 6.55. The Morgan fingerprint density at radius 2 is 1.48 bits per heavy atom. The monoisotopic (exact) mass is 348 g/mol. The molecule has 0 spiro atoms. The fourth-order valence-electron chi connectivity index (χ4n) is 2.65. The van der Waals surface area contributed by atoms with Crippen molar-refractivity contribution in [3.05, 3.63) is 70.9 Å². The second-order valence-corrected chi connectivity index (χ2v) is 5.41. The summed E-state index contributed by atoms with van der Waals surface area (Å²) >= 11 is 0. The van der Waals surface area contributed by atoms with Crippen molar-refractivity contribution in [2.24, 2.45) is 7.05 Å². The number of pyridine rings is 1. The number of rotatable bonds is 3. The van der Waals surface area contributed by atoms with E-state index in [9.17, 15) is 17.6 Å². The number of benzene rings is 2. The number of hydrogen-bond acceptors (Lipinski definition) is 1. The van der Waals surface area contributed by atoms with E-state index < -0.39 is 34.6 Å². The molecular weight excluding hydrogens is 334 g/mol. The van der Waals surface area contributed by atoms with Gasteiger partial charge in [0.15, 0.2) is 17.4 Å². The van der Waals surface area contributed by atoms with E-state index in [1.165, 1.54) is 6.08 Å². The molecular formula is C19H14F4NO+. The molecule has 0 atom stereocenters. The summed E-state index contributed by atoms with van der Waals surface area (Å²) in [6.07, 6.45) is 2.39. The molecule has 6 heteroatoms. The molecule has 0 radical (unpaired) electrons. The van der Waals surface area contributed by atoms with E-state index >= 15 is 0 Å². The van der Waals surface area contributed by atoms with Crippen LogP contribution < -0.4 is 9.30 Å². The maximum Gasteiger partial charge on any atom is 0.212 e. The number of aromatic nitrogens is 1. The molecule has 2 aromatic carbocycles. The number of aryl methyl sites for hydroxylation is 1. The van der Waals surface area contributed by atoms with Crippen LogP contribution in [0.5, 0.6) is 5.75 Å². The Bertz CT molecular complexity index is 969. The van der Waals surface area contributed by atoms with Crippen molar-refractivity contribution >= 4 is 23.1 Å². The highest BCUT2D eigenvalue weighted by molar-refractivity contribution is 5.77. The number of para-hydroxylation sites is 1. The van der Waals surface area contributed by atoms with E-state index in [2.05, 4.69) is 4.74 Å². The number of ether oxygens (including phenoxy) is 1. The molecule has 0 saturated heterocycles. The van der Waals surface area contributed by atoms with Crippen molar-refractivity contribution in [2.75, 3.05) is 7.11 Å². The lowest BCUT2D eigenvalue weighted by Crippen LogP contribution is -2.32. The molecule has 0 fully saturated rings. The Morgan fingerprint density at radius 1 is 0.840 bits per heavy atom. The summed E-state index contributed by atoms with van der Waals surface area (Å²) in [5.74, 6) is -7.22. The van der Waals surface area contributed by atoms with Crippen LogP contribution in [0.2, 0.25) is 0 Å². The zero-order chi connectivity index (χ0) is 18.1. The number of halogens is 4. The van der Waals surface area contributed by atoms with Gasteiger partial charge in [-0.15, -0.1) is 0 Å². The number of fused-ring (bicyclic) bond motifs is 1. The van der Waals surface area contributed by atoms with Gasteiger partial charge in [-0.2, -0.15) is 13.3 Å². The Kier molecular flexibility index (Phi) is 4.44. The predicted octanol–water partition coefficient (Wildman–Crippen LogP) is 4.40. The van der Waals surface area contributed by atoms with E-state index in [-0.39, 0.29) is 0 Å². The summed E-state index contributed by atoms with van der Waals surface area (Å²) in [6.45, 7) is 0. The van der Waals surface area contributed by atoms with Gasteiger partial charge in [0.2, 0.25) is 22.8 Å². The van der Waals surface area contributed by atoms with Crippen molar-refractivity contribution in [3.8, 4) is 5.75 Å². The molecule has 1 heterocycles. The summed E-state index contributed by atoms with van der Waals surface area (Å²) in [5.41, 5.74) is 0.704. The first-order chi connectivity index (χ1) is 12.0. The molecule has 128 valence electrons. The number of methoxy groups -OCH3 is 1. The maximum absolute atomic E-state index is 14.0. The zero-order valence-electron chi connectivity index (χ0n) is 13.5. The van der Waals surface area contributed by atoms with E-state index in [4.69, 9.17) is 0 Å². The van der Waals surface area contributed by atoms with Gasteiger partial charge in [0.1, 0.15) is 7.05 Å². The quantitative estimate of drug-likeness (QED) is 0.388. The molecule has 0 aliphatic heterocycles. The van der Waals surface area contributed by atoms with Gasteiger partial charge in [0.25, 0.3) is 0 Å². The first-order valence-electron chi connectivity index (χ1n) is 7.41. The van der Waals surface area contributed by atoms with Gasteiger partial charge in [-0.3, -0.25) is 0 Å². The number of hydrogen-bond donors (Lipinski definition) is 0. The van der Waals surface area contributed by atoms with Gasteiger partial charge < -0.3 is 4.74 Å². The first-order valence-corrected chi connectivity index (χ1v) is 7.41. The van der Waals surface area contributed by atoms with Gasteiger partial charge in [0, 0.05) is 23.6 Å². The summed E-state index contributed by atoms with van der Waals surface area (Å²) in [5, 5.41) is 0.987. The molecule has 0 saturated carbocycles. The minimum absolute atomic E-state index is 0.606. The van der Waals surface area contributed by atoms with Crippen LogP contribution in [0.3, 0.4) is 0 Å². The van der Waals surface area contributed by atoms with E-state index in [0.717, 1.165) is 24.1 Å². The molecule has 0 aliphatic rings.